The van der Waals surface area contributed by atoms with Gasteiger partial charge in [-0.25, -0.2) is 13.6 Å². The van der Waals surface area contributed by atoms with Crippen molar-refractivity contribution in [3.8, 4) is 11.8 Å². The van der Waals surface area contributed by atoms with Crippen molar-refractivity contribution in [2.45, 2.75) is 12.2 Å². The molecule has 3 rings (SSSR count). The van der Waals surface area contributed by atoms with Gasteiger partial charge in [0.1, 0.15) is 6.61 Å². The van der Waals surface area contributed by atoms with Gasteiger partial charge in [0.05, 0.1) is 23.8 Å². The lowest BCUT2D eigenvalue weighted by molar-refractivity contribution is -0.139. The Hall–Kier alpha value is -2.48. The van der Waals surface area contributed by atoms with Crippen molar-refractivity contribution >= 4 is 6.09 Å². The van der Waals surface area contributed by atoms with Crippen molar-refractivity contribution in [3.05, 3.63) is 29.3 Å². The summed E-state index contributed by atoms with van der Waals surface area (Å²) in [4.78, 5) is 14.8. The van der Waals surface area contributed by atoms with Gasteiger partial charge in [-0.05, 0) is 12.1 Å². The molecule has 2 aliphatic rings. The molecule has 0 saturated carbocycles. The molecule has 2 unspecified atom stereocenters. The Balaban J connectivity index is 1.45. The molecule has 0 aliphatic carbocycles. The number of morpholine rings is 2. The monoisotopic (exact) mass is 396 g/mol. The van der Waals surface area contributed by atoms with Crippen molar-refractivity contribution in [1.82, 2.24) is 15.1 Å². The van der Waals surface area contributed by atoms with Gasteiger partial charge >= 0.3 is 6.09 Å². The fourth-order valence-corrected chi connectivity index (χ4v) is 3.59. The molecule has 2 N–H and O–H groups in total. The lowest BCUT2D eigenvalue weighted by Crippen LogP contribution is -2.60. The first-order valence-corrected chi connectivity index (χ1v) is 9.03. The van der Waals surface area contributed by atoms with Crippen LogP contribution in [0.25, 0.3) is 0 Å². The molecule has 28 heavy (non-hydrogen) atoms. The third-order valence-electron chi connectivity index (χ3n) is 4.72. The van der Waals surface area contributed by atoms with Gasteiger partial charge in [0.2, 0.25) is 0 Å². The van der Waals surface area contributed by atoms with E-state index in [0.29, 0.717) is 45.8 Å². The topological polar surface area (TPSA) is 98.1 Å². The first-order valence-electron chi connectivity index (χ1n) is 9.03. The Labute approximate surface area is 161 Å². The zero-order valence-corrected chi connectivity index (χ0v) is 15.2. The first kappa shape index (κ1) is 20.3. The number of rotatable bonds is 7. The Morgan fingerprint density at radius 2 is 1.79 bits per heavy atom. The van der Waals surface area contributed by atoms with Gasteiger partial charge < -0.3 is 19.9 Å². The van der Waals surface area contributed by atoms with E-state index in [1.807, 2.05) is 0 Å². The zero-order chi connectivity index (χ0) is 20.1. The number of nitrogens with zero attached hydrogens (tertiary/aromatic N) is 3. The number of amides is 1. The predicted molar refractivity (Wildman–Crippen MR) is 94.1 cm³/mol. The molecule has 1 aromatic rings. The van der Waals surface area contributed by atoms with Crippen molar-refractivity contribution in [2.75, 3.05) is 52.4 Å². The molecule has 10 heteroatoms. The van der Waals surface area contributed by atoms with Gasteiger partial charge in [0.15, 0.2) is 17.4 Å². The number of benzene rings is 1. The summed E-state index contributed by atoms with van der Waals surface area (Å²) >= 11 is 0. The number of nitriles is 1. The average Bonchev–Trinajstić information content (AvgIpc) is 2.62. The summed E-state index contributed by atoms with van der Waals surface area (Å²) < 4.78 is 38.9. The second kappa shape index (κ2) is 9.14. The number of carbonyl (C=O) groups is 1. The van der Waals surface area contributed by atoms with Crippen LogP contribution in [0.15, 0.2) is 12.1 Å². The maximum Gasteiger partial charge on any atom is 0.404 e. The second-order valence-corrected chi connectivity index (χ2v) is 6.86. The average molecular weight is 396 g/mol. The van der Waals surface area contributed by atoms with Gasteiger partial charge in [-0.1, -0.05) is 0 Å². The molecule has 152 valence electrons. The van der Waals surface area contributed by atoms with Crippen LogP contribution in [0.4, 0.5) is 13.6 Å². The van der Waals surface area contributed by atoms with Crippen LogP contribution >= 0.6 is 0 Å². The summed E-state index contributed by atoms with van der Waals surface area (Å²) in [6, 6.07) is 3.59. The highest BCUT2D eigenvalue weighted by atomic mass is 19.1. The molecule has 2 aliphatic heterocycles. The van der Waals surface area contributed by atoms with E-state index in [4.69, 9.17) is 19.8 Å². The number of hydrogen-bond acceptors (Lipinski definition) is 6. The van der Waals surface area contributed by atoms with Crippen LogP contribution in [-0.2, 0) is 4.74 Å². The van der Waals surface area contributed by atoms with Crippen molar-refractivity contribution in [1.29, 1.82) is 5.26 Å². The molecule has 0 aromatic heterocycles. The maximum atomic E-state index is 13.8. The smallest absolute Gasteiger partial charge is 0.404 e. The molecule has 2 bridgehead atoms. The second-order valence-electron chi connectivity index (χ2n) is 6.86. The molecule has 1 amide bonds. The standard InChI is InChI=1S/C18H22F2N4O4/c19-15-5-12(7-21)6-16(20)17(15)27-4-3-24-10-13-8-23(2-1-22-18(25)26)9-14(11-24)28-13/h5-6,13-14,22H,1-4,8-11H2,(H,25,26). The van der Waals surface area contributed by atoms with E-state index >= 15 is 0 Å². The Morgan fingerprint density at radius 1 is 1.21 bits per heavy atom. The highest BCUT2D eigenvalue weighted by molar-refractivity contribution is 5.64. The molecular formula is C18H22F2N4O4. The molecule has 1 aromatic carbocycles. The molecule has 0 spiro atoms. The lowest BCUT2D eigenvalue weighted by Gasteiger charge is -2.45. The molecule has 2 heterocycles. The predicted octanol–water partition coefficient (Wildman–Crippen LogP) is 0.868. The fourth-order valence-electron chi connectivity index (χ4n) is 3.59. The summed E-state index contributed by atoms with van der Waals surface area (Å²) in [5, 5.41) is 19.7. The Morgan fingerprint density at radius 3 is 2.32 bits per heavy atom. The highest BCUT2D eigenvalue weighted by Gasteiger charge is 2.34. The third-order valence-corrected chi connectivity index (χ3v) is 4.72. The summed E-state index contributed by atoms with van der Waals surface area (Å²) in [5.41, 5.74) is -0.0912. The maximum absolute atomic E-state index is 13.8. The molecule has 2 fully saturated rings. The molecule has 2 atom stereocenters. The minimum Gasteiger partial charge on any atom is -0.486 e. The molecule has 0 radical (unpaired) electrons. The van der Waals surface area contributed by atoms with E-state index in [0.717, 1.165) is 12.1 Å². The molecule has 2 saturated heterocycles. The van der Waals surface area contributed by atoms with Crippen LogP contribution in [0.3, 0.4) is 0 Å². The number of fused-ring (bicyclic) bond motifs is 2. The van der Waals surface area contributed by atoms with Crippen LogP contribution < -0.4 is 10.1 Å². The first-order chi connectivity index (χ1) is 13.4. The van der Waals surface area contributed by atoms with Crippen molar-refractivity contribution in [2.24, 2.45) is 0 Å². The summed E-state index contributed by atoms with van der Waals surface area (Å²) in [6.45, 7) is 4.35. The van der Waals surface area contributed by atoms with Crippen LogP contribution in [0.1, 0.15) is 5.56 Å². The van der Waals surface area contributed by atoms with Crippen molar-refractivity contribution < 1.29 is 28.2 Å². The Bertz CT molecular complexity index is 721. The van der Waals surface area contributed by atoms with Crippen molar-refractivity contribution in [3.63, 3.8) is 0 Å². The fraction of sp³-hybridized carbons (Fsp3) is 0.556. The zero-order valence-electron chi connectivity index (χ0n) is 15.2. The number of carboxylic acid groups (broad SMARTS) is 1. The van der Waals surface area contributed by atoms with Crippen LogP contribution in [-0.4, -0.2) is 85.6 Å². The van der Waals surface area contributed by atoms with Crippen LogP contribution in [0.5, 0.6) is 5.75 Å². The molecule has 8 nitrogen and oxygen atoms in total. The summed E-state index contributed by atoms with van der Waals surface area (Å²) in [5.74, 6) is -2.24. The lowest BCUT2D eigenvalue weighted by atomic mass is 10.1. The minimum absolute atomic E-state index is 0.000660. The highest BCUT2D eigenvalue weighted by Crippen LogP contribution is 2.23. The van der Waals surface area contributed by atoms with Gasteiger partial charge in [-0.15, -0.1) is 0 Å². The van der Waals surface area contributed by atoms with E-state index in [1.165, 1.54) is 0 Å². The normalized spacial score (nSPS) is 22.5. The van der Waals surface area contributed by atoms with E-state index in [1.54, 1.807) is 6.07 Å². The van der Waals surface area contributed by atoms with Crippen LogP contribution in [0, 0.1) is 23.0 Å². The molecular weight excluding hydrogens is 374 g/mol. The van der Waals surface area contributed by atoms with Gasteiger partial charge in [0.25, 0.3) is 0 Å². The van der Waals surface area contributed by atoms with E-state index in [9.17, 15) is 13.6 Å². The third kappa shape index (κ3) is 5.28. The number of halogens is 2. The minimum atomic E-state index is -1.03. The van der Waals surface area contributed by atoms with E-state index < -0.39 is 23.5 Å². The van der Waals surface area contributed by atoms with Crippen LogP contribution in [0.2, 0.25) is 0 Å². The SMILES string of the molecule is N#Cc1cc(F)c(OCCN2CC3CN(CCNC(=O)O)CC(C2)O3)c(F)c1. The number of hydrogen-bond donors (Lipinski definition) is 2. The number of nitrogens with one attached hydrogen (secondary N) is 1. The van der Waals surface area contributed by atoms with Gasteiger partial charge in [-0.2, -0.15) is 5.26 Å². The largest absolute Gasteiger partial charge is 0.486 e. The number of ether oxygens (including phenoxy) is 2. The van der Waals surface area contributed by atoms with Gasteiger partial charge in [0, 0.05) is 45.8 Å². The van der Waals surface area contributed by atoms with Gasteiger partial charge in [-0.3, -0.25) is 9.80 Å². The quantitative estimate of drug-likeness (QED) is 0.706. The van der Waals surface area contributed by atoms with E-state index in [-0.39, 0.29) is 24.4 Å². The van der Waals surface area contributed by atoms with E-state index in [2.05, 4.69) is 15.1 Å². The Kier molecular flexibility index (Phi) is 6.61. The summed E-state index contributed by atoms with van der Waals surface area (Å²) in [6.07, 6.45) is -1.03. The summed E-state index contributed by atoms with van der Waals surface area (Å²) in [7, 11) is 0.